The summed E-state index contributed by atoms with van der Waals surface area (Å²) in [7, 11) is -3.48. The molecule has 0 aliphatic carbocycles. The second-order valence-corrected chi connectivity index (χ2v) is 6.21. The Labute approximate surface area is 106 Å². The summed E-state index contributed by atoms with van der Waals surface area (Å²) in [5, 5.41) is 10.6. The third-order valence-electron chi connectivity index (χ3n) is 3.04. The average Bonchev–Trinajstić information content (AvgIpc) is 2.40. The van der Waals surface area contributed by atoms with Crippen molar-refractivity contribution in [2.24, 2.45) is 0 Å². The van der Waals surface area contributed by atoms with Gasteiger partial charge in [-0.05, 0) is 30.5 Å². The van der Waals surface area contributed by atoms with E-state index in [9.17, 15) is 18.3 Å². The predicted molar refractivity (Wildman–Crippen MR) is 63.4 cm³/mol. The van der Waals surface area contributed by atoms with Crippen LogP contribution in [0.25, 0.3) is 0 Å². The zero-order valence-electron chi connectivity index (χ0n) is 9.83. The number of benzene rings is 1. The van der Waals surface area contributed by atoms with Crippen molar-refractivity contribution in [1.82, 2.24) is 4.31 Å². The first-order valence-corrected chi connectivity index (χ1v) is 7.27. The Bertz CT molecular complexity index is 530. The molecule has 98 valence electrons. The van der Waals surface area contributed by atoms with Gasteiger partial charge in [-0.1, -0.05) is 18.6 Å². The highest BCUT2D eigenvalue weighted by atomic mass is 32.2. The van der Waals surface area contributed by atoms with Crippen LogP contribution in [0.1, 0.15) is 29.6 Å². The number of piperidine rings is 1. The van der Waals surface area contributed by atoms with Crippen LogP contribution in [0.4, 0.5) is 0 Å². The van der Waals surface area contributed by atoms with Crippen LogP contribution in [0.2, 0.25) is 0 Å². The highest BCUT2D eigenvalue weighted by Gasteiger charge is 2.25. The van der Waals surface area contributed by atoms with Crippen LogP contribution in [0.15, 0.2) is 29.2 Å². The van der Waals surface area contributed by atoms with E-state index in [0.717, 1.165) is 19.3 Å². The molecule has 1 aromatic carbocycles. The molecule has 6 heteroatoms. The minimum absolute atomic E-state index is 0.0207. The molecule has 1 saturated heterocycles. The van der Waals surface area contributed by atoms with Gasteiger partial charge in [-0.3, -0.25) is 0 Å². The number of carbonyl (C=O) groups is 1. The van der Waals surface area contributed by atoms with Gasteiger partial charge < -0.3 is 9.90 Å². The van der Waals surface area contributed by atoms with E-state index in [2.05, 4.69) is 0 Å². The number of carboxylic acids is 1. The van der Waals surface area contributed by atoms with Gasteiger partial charge in [-0.2, -0.15) is 4.31 Å². The molecule has 0 bridgehead atoms. The molecule has 18 heavy (non-hydrogen) atoms. The normalized spacial score (nSPS) is 17.6. The van der Waals surface area contributed by atoms with Gasteiger partial charge in [-0.25, -0.2) is 8.42 Å². The molecule has 0 spiro atoms. The first-order valence-electron chi connectivity index (χ1n) is 5.83. The Hall–Kier alpha value is -1.40. The molecule has 0 amide bonds. The van der Waals surface area contributed by atoms with E-state index in [1.54, 1.807) is 0 Å². The van der Waals surface area contributed by atoms with Crippen molar-refractivity contribution in [3.8, 4) is 0 Å². The number of sulfonamides is 1. The summed E-state index contributed by atoms with van der Waals surface area (Å²) in [5.41, 5.74) is -0.0207. The SMILES string of the molecule is O=C([O-])c1ccc(S(=O)(=O)N2CCCCC2)cc1. The van der Waals surface area contributed by atoms with Gasteiger partial charge in [0.1, 0.15) is 0 Å². The minimum Gasteiger partial charge on any atom is -0.545 e. The van der Waals surface area contributed by atoms with Crippen LogP contribution in [0.5, 0.6) is 0 Å². The van der Waals surface area contributed by atoms with Gasteiger partial charge in [0.15, 0.2) is 0 Å². The molecule has 0 atom stereocenters. The molecule has 2 rings (SSSR count). The van der Waals surface area contributed by atoms with Gasteiger partial charge in [-0.15, -0.1) is 0 Å². The molecular weight excluding hydrogens is 254 g/mol. The Morgan fingerprint density at radius 1 is 1.06 bits per heavy atom. The summed E-state index contributed by atoms with van der Waals surface area (Å²) in [6.07, 6.45) is 2.79. The number of carbonyl (C=O) groups excluding carboxylic acids is 1. The van der Waals surface area contributed by atoms with Gasteiger partial charge in [0.2, 0.25) is 10.0 Å². The third kappa shape index (κ3) is 2.54. The van der Waals surface area contributed by atoms with Crippen molar-refractivity contribution in [2.75, 3.05) is 13.1 Å². The lowest BCUT2D eigenvalue weighted by Crippen LogP contribution is -2.35. The summed E-state index contributed by atoms with van der Waals surface area (Å²) in [5.74, 6) is -1.31. The molecule has 1 aliphatic heterocycles. The van der Waals surface area contributed by atoms with E-state index in [0.29, 0.717) is 13.1 Å². The lowest BCUT2D eigenvalue weighted by Gasteiger charge is -2.25. The number of hydrogen-bond donors (Lipinski definition) is 0. The molecule has 5 nitrogen and oxygen atoms in total. The first-order chi connectivity index (χ1) is 8.51. The summed E-state index contributed by atoms with van der Waals surface area (Å²) >= 11 is 0. The molecule has 0 radical (unpaired) electrons. The van der Waals surface area contributed by atoms with E-state index in [4.69, 9.17) is 0 Å². The summed E-state index contributed by atoms with van der Waals surface area (Å²) in [6.45, 7) is 1.06. The average molecular weight is 268 g/mol. The molecule has 0 aromatic heterocycles. The van der Waals surface area contributed by atoms with E-state index < -0.39 is 16.0 Å². The maximum absolute atomic E-state index is 12.2. The van der Waals surface area contributed by atoms with Crippen LogP contribution in [0.3, 0.4) is 0 Å². The van der Waals surface area contributed by atoms with Crippen molar-refractivity contribution >= 4 is 16.0 Å². The molecule has 0 N–H and O–H groups in total. The predicted octanol–water partition coefficient (Wildman–Crippen LogP) is 0.225. The Morgan fingerprint density at radius 3 is 2.11 bits per heavy atom. The molecule has 1 fully saturated rings. The maximum atomic E-state index is 12.2. The van der Waals surface area contributed by atoms with Crippen molar-refractivity contribution in [2.45, 2.75) is 24.2 Å². The molecule has 0 unspecified atom stereocenters. The van der Waals surface area contributed by atoms with Crippen LogP contribution < -0.4 is 5.11 Å². The summed E-state index contributed by atoms with van der Waals surface area (Å²) < 4.78 is 25.9. The van der Waals surface area contributed by atoms with E-state index >= 15 is 0 Å². The first kappa shape index (κ1) is 13.0. The second kappa shape index (κ2) is 5.07. The Morgan fingerprint density at radius 2 is 1.61 bits per heavy atom. The summed E-state index contributed by atoms with van der Waals surface area (Å²) in [6, 6.07) is 5.14. The fourth-order valence-corrected chi connectivity index (χ4v) is 3.53. The second-order valence-electron chi connectivity index (χ2n) is 4.28. The molecular formula is C12H14NO4S-. The molecule has 1 aliphatic rings. The lowest BCUT2D eigenvalue weighted by molar-refractivity contribution is -0.255. The zero-order valence-corrected chi connectivity index (χ0v) is 10.6. The zero-order chi connectivity index (χ0) is 13.2. The van der Waals surface area contributed by atoms with Crippen molar-refractivity contribution in [3.05, 3.63) is 29.8 Å². The summed E-state index contributed by atoms with van der Waals surface area (Å²) in [4.78, 5) is 10.7. The fraction of sp³-hybridized carbons (Fsp3) is 0.417. The third-order valence-corrected chi connectivity index (χ3v) is 4.96. The minimum atomic E-state index is -3.48. The van der Waals surface area contributed by atoms with Crippen molar-refractivity contribution in [1.29, 1.82) is 0 Å². The molecule has 1 heterocycles. The van der Waals surface area contributed by atoms with Gasteiger partial charge in [0.05, 0.1) is 10.9 Å². The number of rotatable bonds is 3. The smallest absolute Gasteiger partial charge is 0.243 e. The van der Waals surface area contributed by atoms with Crippen molar-refractivity contribution < 1.29 is 18.3 Å². The van der Waals surface area contributed by atoms with E-state index in [1.807, 2.05) is 0 Å². The Kier molecular flexibility index (Phi) is 3.68. The number of hydrogen-bond acceptors (Lipinski definition) is 4. The van der Waals surface area contributed by atoms with Crippen LogP contribution in [-0.2, 0) is 10.0 Å². The standard InChI is InChI=1S/C12H15NO4S/c14-12(15)10-4-6-11(7-5-10)18(16,17)13-8-2-1-3-9-13/h4-7H,1-3,8-9H2,(H,14,15)/p-1. The maximum Gasteiger partial charge on any atom is 0.243 e. The van der Waals surface area contributed by atoms with Gasteiger partial charge >= 0.3 is 0 Å². The van der Waals surface area contributed by atoms with Gasteiger partial charge in [0, 0.05) is 13.1 Å². The largest absolute Gasteiger partial charge is 0.545 e. The topological polar surface area (TPSA) is 77.5 Å². The number of aromatic carboxylic acids is 1. The number of nitrogens with zero attached hydrogens (tertiary/aromatic N) is 1. The number of carboxylic acid groups (broad SMARTS) is 1. The van der Waals surface area contributed by atoms with E-state index in [1.165, 1.54) is 28.6 Å². The molecule has 1 aromatic rings. The molecule has 0 saturated carbocycles. The highest BCUT2D eigenvalue weighted by Crippen LogP contribution is 2.20. The fourth-order valence-electron chi connectivity index (χ4n) is 2.02. The van der Waals surface area contributed by atoms with Crippen LogP contribution >= 0.6 is 0 Å². The van der Waals surface area contributed by atoms with Crippen LogP contribution in [0, 0.1) is 0 Å². The highest BCUT2D eigenvalue weighted by molar-refractivity contribution is 7.89. The monoisotopic (exact) mass is 268 g/mol. The van der Waals surface area contributed by atoms with Crippen LogP contribution in [-0.4, -0.2) is 31.8 Å². The van der Waals surface area contributed by atoms with Gasteiger partial charge in [0.25, 0.3) is 0 Å². The van der Waals surface area contributed by atoms with Crippen molar-refractivity contribution in [3.63, 3.8) is 0 Å². The lowest BCUT2D eigenvalue weighted by atomic mass is 10.2. The Balaban J connectivity index is 2.26. The van der Waals surface area contributed by atoms with E-state index in [-0.39, 0.29) is 10.5 Å². The quantitative estimate of drug-likeness (QED) is 0.786.